The highest BCUT2D eigenvalue weighted by atomic mass is 16.5. The first kappa shape index (κ1) is 17.3. The standard InChI is InChI=1S/C17H26N4O2/c1-17(11-23-12-17)10-20-16(18-2)19-9-13-5-7-14(8-6-13)15(22)21(3)4/h5-8H,9-12H2,1-4H3,(H2,18,19,20). The molecule has 0 aromatic heterocycles. The van der Waals surface area contributed by atoms with Gasteiger partial charge in [0.2, 0.25) is 0 Å². The zero-order valence-electron chi connectivity index (χ0n) is 14.3. The molecule has 2 rings (SSSR count). The van der Waals surface area contributed by atoms with E-state index in [-0.39, 0.29) is 11.3 Å². The lowest BCUT2D eigenvalue weighted by molar-refractivity contribution is -0.0971. The minimum absolute atomic E-state index is 0.0120. The molecule has 1 amide bonds. The summed E-state index contributed by atoms with van der Waals surface area (Å²) in [6.07, 6.45) is 0. The number of carbonyl (C=O) groups is 1. The summed E-state index contributed by atoms with van der Waals surface area (Å²) in [5.74, 6) is 0.782. The van der Waals surface area contributed by atoms with Crippen molar-refractivity contribution in [2.45, 2.75) is 13.5 Å². The molecule has 0 radical (unpaired) electrons. The fraction of sp³-hybridized carbons (Fsp3) is 0.529. The predicted octanol–water partition coefficient (Wildman–Crippen LogP) is 1.09. The third-order valence-electron chi connectivity index (χ3n) is 3.87. The number of carbonyl (C=O) groups excluding carboxylic acids is 1. The predicted molar refractivity (Wildman–Crippen MR) is 91.6 cm³/mol. The number of nitrogens with zero attached hydrogens (tertiary/aromatic N) is 2. The van der Waals surface area contributed by atoms with Crippen LogP contribution < -0.4 is 10.6 Å². The van der Waals surface area contributed by atoms with Crippen LogP contribution in [0.5, 0.6) is 0 Å². The highest BCUT2D eigenvalue weighted by Crippen LogP contribution is 2.24. The van der Waals surface area contributed by atoms with Crippen LogP contribution in [0.3, 0.4) is 0 Å². The van der Waals surface area contributed by atoms with Gasteiger partial charge in [-0.25, -0.2) is 0 Å². The molecule has 0 saturated carbocycles. The van der Waals surface area contributed by atoms with Gasteiger partial charge < -0.3 is 20.3 Å². The zero-order chi connectivity index (χ0) is 16.9. The second-order valence-corrected chi connectivity index (χ2v) is 6.48. The Morgan fingerprint density at radius 3 is 2.39 bits per heavy atom. The second-order valence-electron chi connectivity index (χ2n) is 6.48. The maximum absolute atomic E-state index is 11.9. The molecule has 2 N–H and O–H groups in total. The summed E-state index contributed by atoms with van der Waals surface area (Å²) < 4.78 is 5.25. The number of nitrogens with one attached hydrogen (secondary N) is 2. The van der Waals surface area contributed by atoms with Gasteiger partial charge in [0.25, 0.3) is 5.91 Å². The lowest BCUT2D eigenvalue weighted by Crippen LogP contribution is -2.50. The van der Waals surface area contributed by atoms with Gasteiger partial charge >= 0.3 is 0 Å². The van der Waals surface area contributed by atoms with Crippen molar-refractivity contribution in [1.82, 2.24) is 15.5 Å². The molecule has 6 nitrogen and oxygen atoms in total. The van der Waals surface area contributed by atoms with Crippen molar-refractivity contribution < 1.29 is 9.53 Å². The van der Waals surface area contributed by atoms with Crippen LogP contribution in [0, 0.1) is 5.41 Å². The van der Waals surface area contributed by atoms with Gasteiger partial charge in [-0.05, 0) is 17.7 Å². The van der Waals surface area contributed by atoms with Crippen molar-refractivity contribution in [3.05, 3.63) is 35.4 Å². The summed E-state index contributed by atoms with van der Waals surface area (Å²) in [6.45, 7) is 5.26. The van der Waals surface area contributed by atoms with Gasteiger partial charge in [-0.15, -0.1) is 0 Å². The van der Waals surface area contributed by atoms with Gasteiger partial charge in [0.05, 0.1) is 13.2 Å². The summed E-state index contributed by atoms with van der Waals surface area (Å²) in [4.78, 5) is 17.7. The van der Waals surface area contributed by atoms with Gasteiger partial charge in [0, 0.05) is 45.2 Å². The number of guanidine groups is 1. The fourth-order valence-electron chi connectivity index (χ4n) is 2.28. The Labute approximate surface area is 137 Å². The summed E-state index contributed by atoms with van der Waals surface area (Å²) >= 11 is 0. The van der Waals surface area contributed by atoms with Crippen LogP contribution in [-0.2, 0) is 11.3 Å². The summed E-state index contributed by atoms with van der Waals surface area (Å²) in [5.41, 5.74) is 1.99. The van der Waals surface area contributed by atoms with Crippen LogP contribution in [-0.4, -0.2) is 57.7 Å². The van der Waals surface area contributed by atoms with E-state index in [0.29, 0.717) is 12.1 Å². The number of hydrogen-bond acceptors (Lipinski definition) is 3. The van der Waals surface area contributed by atoms with Gasteiger partial charge in [-0.1, -0.05) is 19.1 Å². The number of hydrogen-bond donors (Lipinski definition) is 2. The zero-order valence-corrected chi connectivity index (χ0v) is 14.3. The molecule has 126 valence electrons. The first-order valence-corrected chi connectivity index (χ1v) is 7.76. The van der Waals surface area contributed by atoms with E-state index < -0.39 is 0 Å². The number of benzene rings is 1. The van der Waals surface area contributed by atoms with Gasteiger partial charge in [0.15, 0.2) is 5.96 Å². The highest BCUT2D eigenvalue weighted by Gasteiger charge is 2.33. The number of ether oxygens (including phenoxy) is 1. The highest BCUT2D eigenvalue weighted by molar-refractivity contribution is 5.93. The summed E-state index contributed by atoms with van der Waals surface area (Å²) in [5, 5.41) is 6.61. The Balaban J connectivity index is 1.83. The molecule has 0 bridgehead atoms. The van der Waals surface area contributed by atoms with Crippen LogP contribution >= 0.6 is 0 Å². The largest absolute Gasteiger partial charge is 0.380 e. The number of rotatable bonds is 5. The third kappa shape index (κ3) is 4.69. The van der Waals surface area contributed by atoms with Crippen LogP contribution in [0.15, 0.2) is 29.3 Å². The van der Waals surface area contributed by atoms with Gasteiger partial charge in [0.1, 0.15) is 0 Å². The molecule has 1 aromatic rings. The van der Waals surface area contributed by atoms with Crippen molar-refractivity contribution >= 4 is 11.9 Å². The molecule has 6 heteroatoms. The van der Waals surface area contributed by atoms with E-state index in [4.69, 9.17) is 4.74 Å². The smallest absolute Gasteiger partial charge is 0.253 e. The average molecular weight is 318 g/mol. The second kappa shape index (κ2) is 7.46. The van der Waals surface area contributed by atoms with Crippen LogP contribution in [0.25, 0.3) is 0 Å². The van der Waals surface area contributed by atoms with Gasteiger partial charge in [-0.3, -0.25) is 9.79 Å². The van der Waals surface area contributed by atoms with E-state index in [1.807, 2.05) is 24.3 Å². The number of amides is 1. The molecule has 1 aliphatic rings. The van der Waals surface area contributed by atoms with E-state index in [1.54, 1.807) is 26.0 Å². The summed E-state index contributed by atoms with van der Waals surface area (Å²) in [7, 11) is 5.26. The molecule has 1 fully saturated rings. The van der Waals surface area contributed by atoms with Crippen LogP contribution in [0.4, 0.5) is 0 Å². The quantitative estimate of drug-likeness (QED) is 0.630. The Bertz CT molecular complexity index is 562. The normalized spacial score (nSPS) is 16.4. The molecule has 0 aliphatic carbocycles. The molecule has 23 heavy (non-hydrogen) atoms. The minimum Gasteiger partial charge on any atom is -0.380 e. The minimum atomic E-state index is 0.0120. The molecular formula is C17H26N4O2. The van der Waals surface area contributed by atoms with Crippen LogP contribution in [0.1, 0.15) is 22.8 Å². The van der Waals surface area contributed by atoms with Crippen molar-refractivity contribution in [1.29, 1.82) is 0 Å². The summed E-state index contributed by atoms with van der Waals surface area (Å²) in [6, 6.07) is 7.61. The van der Waals surface area contributed by atoms with Crippen molar-refractivity contribution in [2.75, 3.05) is 40.9 Å². The first-order chi connectivity index (χ1) is 10.9. The lowest BCUT2D eigenvalue weighted by atomic mass is 9.89. The molecule has 1 heterocycles. The molecule has 1 saturated heterocycles. The third-order valence-corrected chi connectivity index (χ3v) is 3.87. The monoisotopic (exact) mass is 318 g/mol. The lowest BCUT2D eigenvalue weighted by Gasteiger charge is -2.38. The average Bonchev–Trinajstić information content (AvgIpc) is 2.53. The van der Waals surface area contributed by atoms with E-state index in [1.165, 1.54) is 0 Å². The molecule has 0 spiro atoms. The first-order valence-electron chi connectivity index (χ1n) is 7.76. The molecular weight excluding hydrogens is 292 g/mol. The fourth-order valence-corrected chi connectivity index (χ4v) is 2.28. The Morgan fingerprint density at radius 1 is 1.26 bits per heavy atom. The van der Waals surface area contributed by atoms with E-state index in [2.05, 4.69) is 22.5 Å². The van der Waals surface area contributed by atoms with E-state index in [0.717, 1.165) is 31.3 Å². The SMILES string of the molecule is CN=C(NCc1ccc(C(=O)N(C)C)cc1)NCC1(C)COC1. The Morgan fingerprint density at radius 2 is 1.91 bits per heavy atom. The molecule has 0 unspecified atom stereocenters. The van der Waals surface area contributed by atoms with Crippen molar-refractivity contribution in [3.63, 3.8) is 0 Å². The topological polar surface area (TPSA) is 66.0 Å². The molecule has 1 aromatic carbocycles. The van der Waals surface area contributed by atoms with E-state index >= 15 is 0 Å². The maximum atomic E-state index is 11.9. The van der Waals surface area contributed by atoms with Crippen molar-refractivity contribution in [3.8, 4) is 0 Å². The Kier molecular flexibility index (Phi) is 5.60. The molecule has 1 aliphatic heterocycles. The van der Waals surface area contributed by atoms with Gasteiger partial charge in [-0.2, -0.15) is 0 Å². The number of aliphatic imine (C=N–C) groups is 1. The Hall–Kier alpha value is -2.08. The van der Waals surface area contributed by atoms with E-state index in [9.17, 15) is 4.79 Å². The maximum Gasteiger partial charge on any atom is 0.253 e. The van der Waals surface area contributed by atoms with Crippen LogP contribution in [0.2, 0.25) is 0 Å². The molecule has 0 atom stereocenters. The van der Waals surface area contributed by atoms with Crippen molar-refractivity contribution in [2.24, 2.45) is 10.4 Å².